The lowest BCUT2D eigenvalue weighted by Gasteiger charge is -2.50. The maximum atomic E-state index is 6.43. The number of rotatable bonds is 7. The van der Waals surface area contributed by atoms with Gasteiger partial charge in [-0.25, -0.2) is 4.98 Å². The fraction of sp³-hybridized carbons (Fsp3) is 0.630. The molecule has 2 saturated heterocycles. The Kier molecular flexibility index (Phi) is 7.25. The number of piperidine rings is 1. The van der Waals surface area contributed by atoms with E-state index < -0.39 is 0 Å². The van der Waals surface area contributed by atoms with Crippen molar-refractivity contribution in [3.8, 4) is 0 Å². The van der Waals surface area contributed by atoms with Crippen LogP contribution in [0.15, 0.2) is 24.3 Å². The van der Waals surface area contributed by atoms with Gasteiger partial charge in [-0.15, -0.1) is 0 Å². The summed E-state index contributed by atoms with van der Waals surface area (Å²) >= 11 is 12.5. The molecule has 5 nitrogen and oxygen atoms in total. The molecule has 1 saturated carbocycles. The zero-order valence-corrected chi connectivity index (χ0v) is 22.1. The summed E-state index contributed by atoms with van der Waals surface area (Å²) in [5.74, 6) is 4.21. The molecule has 3 aliphatic rings. The zero-order valence-electron chi connectivity index (χ0n) is 20.6. The highest BCUT2D eigenvalue weighted by Crippen LogP contribution is 2.38. The van der Waals surface area contributed by atoms with Gasteiger partial charge in [-0.05, 0) is 81.0 Å². The van der Waals surface area contributed by atoms with Gasteiger partial charge in [0.1, 0.15) is 5.82 Å². The van der Waals surface area contributed by atoms with Crippen molar-refractivity contribution in [2.24, 2.45) is 17.8 Å². The summed E-state index contributed by atoms with van der Waals surface area (Å²) in [6.07, 6.45) is 6.41. The van der Waals surface area contributed by atoms with E-state index in [1.165, 1.54) is 38.8 Å². The van der Waals surface area contributed by atoms with Gasteiger partial charge >= 0.3 is 0 Å². The van der Waals surface area contributed by atoms with E-state index in [2.05, 4.69) is 42.0 Å². The number of benzene rings is 1. The first-order valence-electron chi connectivity index (χ1n) is 13.0. The Hall–Kier alpha value is -1.56. The number of aromatic nitrogens is 2. The molecule has 0 bridgehead atoms. The van der Waals surface area contributed by atoms with E-state index in [4.69, 9.17) is 33.2 Å². The molecule has 5 rings (SSSR count). The maximum Gasteiger partial charge on any atom is 0.227 e. The summed E-state index contributed by atoms with van der Waals surface area (Å²) in [4.78, 5) is 14.9. The van der Waals surface area contributed by atoms with Gasteiger partial charge in [0.25, 0.3) is 0 Å². The van der Waals surface area contributed by atoms with E-state index in [1.54, 1.807) is 6.07 Å². The van der Waals surface area contributed by atoms with Crippen LogP contribution in [0.4, 0.5) is 11.8 Å². The molecule has 184 valence electrons. The normalized spacial score (nSPS) is 26.6. The van der Waals surface area contributed by atoms with E-state index in [1.807, 2.05) is 12.1 Å². The minimum atomic E-state index is 0.0174. The summed E-state index contributed by atoms with van der Waals surface area (Å²) in [7, 11) is 0. The standard InChI is InChI=1S/C27H37Cl2N5/c1-4-22-13-26(30-18(3)24-8-7-21(28)12-25(24)29)32-27(31-22)34-15-20(16-34)19-6-5-9-33(14-19)23-10-17(2)11-23/h7-8,12-13,17-20,23H,4-6,9-11,14-16H2,1-3H3,(H,30,31,32)/t17-,18-,19+,23+/m1/s1. The zero-order chi connectivity index (χ0) is 23.8. The molecule has 0 spiro atoms. The molecule has 2 aliphatic heterocycles. The fourth-order valence-electron chi connectivity index (χ4n) is 5.92. The van der Waals surface area contributed by atoms with E-state index in [-0.39, 0.29) is 6.04 Å². The van der Waals surface area contributed by atoms with Crippen LogP contribution in [0, 0.1) is 17.8 Å². The molecular weight excluding hydrogens is 465 g/mol. The molecular formula is C27H37Cl2N5. The first-order valence-corrected chi connectivity index (χ1v) is 13.7. The Bertz CT molecular complexity index is 1000. The highest BCUT2D eigenvalue weighted by atomic mass is 35.5. The first kappa shape index (κ1) is 24.1. The number of aryl methyl sites for hydroxylation is 1. The highest BCUT2D eigenvalue weighted by molar-refractivity contribution is 6.35. The Morgan fingerprint density at radius 1 is 1.09 bits per heavy atom. The predicted molar refractivity (Wildman–Crippen MR) is 142 cm³/mol. The third-order valence-corrected chi connectivity index (χ3v) is 8.70. The van der Waals surface area contributed by atoms with Gasteiger partial charge in [-0.3, -0.25) is 0 Å². The van der Waals surface area contributed by atoms with Crippen molar-refractivity contribution in [1.29, 1.82) is 0 Å². The topological polar surface area (TPSA) is 44.3 Å². The lowest BCUT2D eigenvalue weighted by molar-refractivity contribution is 0.0294. The fourth-order valence-corrected chi connectivity index (χ4v) is 6.49. The second-order valence-corrected chi connectivity index (χ2v) is 11.6. The van der Waals surface area contributed by atoms with Gasteiger partial charge in [0.05, 0.1) is 6.04 Å². The average Bonchev–Trinajstić information content (AvgIpc) is 2.76. The number of nitrogens with one attached hydrogen (secondary N) is 1. The summed E-state index contributed by atoms with van der Waals surface area (Å²) in [5, 5.41) is 4.85. The SMILES string of the molecule is CCc1cc(N[C@H](C)c2ccc(Cl)cc2Cl)nc(N2CC([C@H]3CCCN([C@H]4C[C@@H](C)C4)C3)C2)n1. The lowest BCUT2D eigenvalue weighted by Crippen LogP contribution is -2.56. The van der Waals surface area contributed by atoms with Crippen LogP contribution < -0.4 is 10.2 Å². The van der Waals surface area contributed by atoms with Crippen LogP contribution in [0.1, 0.15) is 63.8 Å². The summed E-state index contributed by atoms with van der Waals surface area (Å²) < 4.78 is 0. The van der Waals surface area contributed by atoms with Crippen LogP contribution in [0.2, 0.25) is 10.0 Å². The van der Waals surface area contributed by atoms with E-state index >= 15 is 0 Å². The average molecular weight is 503 g/mol. The first-order chi connectivity index (χ1) is 16.4. The van der Waals surface area contributed by atoms with Gasteiger partial charge in [0.2, 0.25) is 5.95 Å². The quantitative estimate of drug-likeness (QED) is 0.471. The van der Waals surface area contributed by atoms with Crippen LogP contribution in [-0.2, 0) is 6.42 Å². The Labute approximate surface area is 214 Å². The van der Waals surface area contributed by atoms with Gasteiger partial charge in [0, 0.05) is 47.5 Å². The number of anilines is 2. The highest BCUT2D eigenvalue weighted by Gasteiger charge is 2.40. The van der Waals surface area contributed by atoms with E-state index in [0.29, 0.717) is 10.0 Å². The maximum absolute atomic E-state index is 6.43. The molecule has 1 N–H and O–H groups in total. The van der Waals surface area contributed by atoms with E-state index in [9.17, 15) is 0 Å². The molecule has 1 aromatic heterocycles. The Morgan fingerprint density at radius 3 is 2.59 bits per heavy atom. The lowest BCUT2D eigenvalue weighted by atomic mass is 9.76. The second kappa shape index (κ2) is 10.2. The summed E-state index contributed by atoms with van der Waals surface area (Å²) in [6.45, 7) is 11.4. The number of likely N-dealkylation sites (tertiary alicyclic amines) is 1. The molecule has 3 heterocycles. The molecule has 1 aliphatic carbocycles. The minimum Gasteiger partial charge on any atom is -0.363 e. The monoisotopic (exact) mass is 501 g/mol. The molecule has 2 aromatic rings. The Morgan fingerprint density at radius 2 is 1.88 bits per heavy atom. The van der Waals surface area contributed by atoms with Crippen molar-refractivity contribution < 1.29 is 0 Å². The number of hydrogen-bond acceptors (Lipinski definition) is 5. The number of hydrogen-bond donors (Lipinski definition) is 1. The molecule has 0 amide bonds. The molecule has 0 unspecified atom stereocenters. The minimum absolute atomic E-state index is 0.0174. The molecule has 34 heavy (non-hydrogen) atoms. The van der Waals surface area contributed by atoms with Gasteiger partial charge < -0.3 is 15.1 Å². The van der Waals surface area contributed by atoms with Crippen molar-refractivity contribution in [3.05, 3.63) is 45.6 Å². The third kappa shape index (κ3) is 5.17. The second-order valence-electron chi connectivity index (χ2n) is 10.7. The van der Waals surface area contributed by atoms with Crippen molar-refractivity contribution in [2.75, 3.05) is 36.4 Å². The van der Waals surface area contributed by atoms with Gasteiger partial charge in [-0.1, -0.05) is 43.1 Å². The van der Waals surface area contributed by atoms with Crippen molar-refractivity contribution in [3.63, 3.8) is 0 Å². The molecule has 1 aromatic carbocycles. The van der Waals surface area contributed by atoms with E-state index in [0.717, 1.165) is 66.3 Å². The van der Waals surface area contributed by atoms with Crippen LogP contribution in [0.25, 0.3) is 0 Å². The molecule has 0 radical (unpaired) electrons. The number of halogens is 2. The van der Waals surface area contributed by atoms with Crippen molar-refractivity contribution >= 4 is 35.0 Å². The van der Waals surface area contributed by atoms with Crippen LogP contribution in [-0.4, -0.2) is 47.1 Å². The van der Waals surface area contributed by atoms with Crippen molar-refractivity contribution in [2.45, 2.75) is 65.0 Å². The van der Waals surface area contributed by atoms with Crippen LogP contribution in [0.5, 0.6) is 0 Å². The van der Waals surface area contributed by atoms with Crippen LogP contribution in [0.3, 0.4) is 0 Å². The summed E-state index contributed by atoms with van der Waals surface area (Å²) in [5.41, 5.74) is 2.07. The van der Waals surface area contributed by atoms with Gasteiger partial charge in [0.15, 0.2) is 0 Å². The van der Waals surface area contributed by atoms with Crippen molar-refractivity contribution in [1.82, 2.24) is 14.9 Å². The molecule has 7 heteroatoms. The number of nitrogens with zero attached hydrogens (tertiary/aromatic N) is 4. The van der Waals surface area contributed by atoms with Gasteiger partial charge in [-0.2, -0.15) is 4.98 Å². The third-order valence-electron chi connectivity index (χ3n) is 8.14. The predicted octanol–water partition coefficient (Wildman–Crippen LogP) is 6.47. The van der Waals surface area contributed by atoms with Crippen LogP contribution >= 0.6 is 23.2 Å². The molecule has 3 fully saturated rings. The largest absolute Gasteiger partial charge is 0.363 e. The Balaban J connectivity index is 1.22. The molecule has 2 atom stereocenters. The summed E-state index contributed by atoms with van der Waals surface area (Å²) in [6, 6.07) is 8.56. The smallest absolute Gasteiger partial charge is 0.227 e.